The number of amides is 1. The summed E-state index contributed by atoms with van der Waals surface area (Å²) < 4.78 is 5.37. The molecular weight excluding hydrogens is 296 g/mol. The molecule has 0 aliphatic carbocycles. The van der Waals surface area contributed by atoms with Gasteiger partial charge in [0.25, 0.3) is 0 Å². The number of hydrogen-bond donors (Lipinski definition) is 1. The van der Waals surface area contributed by atoms with E-state index in [4.69, 9.17) is 4.74 Å². The average Bonchev–Trinajstić information content (AvgIpc) is 2.35. The van der Waals surface area contributed by atoms with Gasteiger partial charge in [-0.1, -0.05) is 0 Å². The Kier molecular flexibility index (Phi) is 3.50. The second kappa shape index (κ2) is 5.15. The number of nitrogens with zero attached hydrogens (tertiary/aromatic N) is 2. The third kappa shape index (κ3) is 2.98. The van der Waals surface area contributed by atoms with Crippen LogP contribution in [0.1, 0.15) is 31.1 Å². The van der Waals surface area contributed by atoms with Crippen molar-refractivity contribution in [2.24, 2.45) is 5.41 Å². The van der Waals surface area contributed by atoms with E-state index in [-0.39, 0.29) is 17.3 Å². The minimum Gasteiger partial charge on any atom is -0.507 e. The molecule has 124 valence electrons. The van der Waals surface area contributed by atoms with Crippen molar-refractivity contribution in [1.29, 1.82) is 0 Å². The molecule has 1 spiro atoms. The molecule has 0 saturated carbocycles. The first kappa shape index (κ1) is 15.6. The number of phenols is 1. The lowest BCUT2D eigenvalue weighted by Gasteiger charge is -2.60. The van der Waals surface area contributed by atoms with Gasteiger partial charge in [0, 0.05) is 37.3 Å². The SMILES string of the molecule is CC(C)(C)OC(=O)N1CC2(C1)CN(c1ccc(O)c(C=O)c1)C2. The maximum atomic E-state index is 12.0. The number of benzene rings is 1. The zero-order valence-electron chi connectivity index (χ0n) is 13.7. The fourth-order valence-corrected chi connectivity index (χ4v) is 3.20. The van der Waals surface area contributed by atoms with E-state index in [1.54, 1.807) is 17.0 Å². The zero-order valence-corrected chi connectivity index (χ0v) is 13.7. The summed E-state index contributed by atoms with van der Waals surface area (Å²) in [4.78, 5) is 26.7. The largest absolute Gasteiger partial charge is 0.507 e. The van der Waals surface area contributed by atoms with Crippen LogP contribution < -0.4 is 4.90 Å². The maximum Gasteiger partial charge on any atom is 0.410 e. The molecule has 2 saturated heterocycles. The Morgan fingerprint density at radius 1 is 1.26 bits per heavy atom. The number of aromatic hydroxyl groups is 1. The third-order valence-electron chi connectivity index (χ3n) is 4.26. The molecule has 3 rings (SSSR count). The summed E-state index contributed by atoms with van der Waals surface area (Å²) in [6, 6.07) is 5.04. The number of ether oxygens (including phenoxy) is 1. The molecule has 23 heavy (non-hydrogen) atoms. The Morgan fingerprint density at radius 2 is 1.91 bits per heavy atom. The van der Waals surface area contributed by atoms with Crippen molar-refractivity contribution in [1.82, 2.24) is 4.90 Å². The molecule has 0 unspecified atom stereocenters. The first-order chi connectivity index (χ1) is 10.7. The standard InChI is InChI=1S/C17H22N2O4/c1-16(2,3)23-15(22)19-10-17(11-19)8-18(9-17)13-4-5-14(21)12(6-13)7-20/h4-7,21H,8-11H2,1-3H3. The van der Waals surface area contributed by atoms with Crippen molar-refractivity contribution in [3.8, 4) is 5.75 Å². The van der Waals surface area contributed by atoms with Crippen molar-refractivity contribution in [3.63, 3.8) is 0 Å². The van der Waals surface area contributed by atoms with Gasteiger partial charge in [-0.3, -0.25) is 4.79 Å². The molecule has 2 heterocycles. The van der Waals surface area contributed by atoms with Crippen LogP contribution in [0.3, 0.4) is 0 Å². The second-order valence-electron chi connectivity index (χ2n) is 7.55. The van der Waals surface area contributed by atoms with Crippen LogP contribution in [0.4, 0.5) is 10.5 Å². The minimum atomic E-state index is -0.469. The van der Waals surface area contributed by atoms with E-state index in [0.717, 1.165) is 18.8 Å². The number of carbonyl (C=O) groups excluding carboxylic acids is 2. The quantitative estimate of drug-likeness (QED) is 0.847. The second-order valence-corrected chi connectivity index (χ2v) is 7.55. The molecule has 1 amide bonds. The van der Waals surface area contributed by atoms with Crippen molar-refractivity contribution >= 4 is 18.1 Å². The molecule has 2 aliphatic rings. The van der Waals surface area contributed by atoms with Gasteiger partial charge in [-0.2, -0.15) is 0 Å². The molecule has 2 aliphatic heterocycles. The summed E-state index contributed by atoms with van der Waals surface area (Å²) in [7, 11) is 0. The van der Waals surface area contributed by atoms with Gasteiger partial charge in [-0.15, -0.1) is 0 Å². The summed E-state index contributed by atoms with van der Waals surface area (Å²) in [6.45, 7) is 8.68. The molecule has 0 radical (unpaired) electrons. The van der Waals surface area contributed by atoms with Gasteiger partial charge < -0.3 is 19.6 Å². The number of phenolic OH excluding ortho intramolecular Hbond substituents is 1. The van der Waals surface area contributed by atoms with Crippen molar-refractivity contribution in [3.05, 3.63) is 23.8 Å². The number of hydrogen-bond acceptors (Lipinski definition) is 5. The molecule has 6 nitrogen and oxygen atoms in total. The van der Waals surface area contributed by atoms with E-state index in [9.17, 15) is 14.7 Å². The average molecular weight is 318 g/mol. The van der Waals surface area contributed by atoms with Crippen molar-refractivity contribution in [2.45, 2.75) is 26.4 Å². The number of carbonyl (C=O) groups is 2. The highest BCUT2D eigenvalue weighted by Crippen LogP contribution is 2.42. The first-order valence-electron chi connectivity index (χ1n) is 7.72. The Bertz CT molecular complexity index is 636. The summed E-state index contributed by atoms with van der Waals surface area (Å²) in [5.41, 5.74) is 0.887. The van der Waals surface area contributed by atoms with E-state index < -0.39 is 5.60 Å². The fraction of sp³-hybridized carbons (Fsp3) is 0.529. The van der Waals surface area contributed by atoms with Crippen molar-refractivity contribution in [2.75, 3.05) is 31.1 Å². The Hall–Kier alpha value is -2.24. The van der Waals surface area contributed by atoms with Crippen LogP contribution in [0.25, 0.3) is 0 Å². The van der Waals surface area contributed by atoms with Crippen LogP contribution >= 0.6 is 0 Å². The molecule has 1 aromatic rings. The Morgan fingerprint density at radius 3 is 2.48 bits per heavy atom. The highest BCUT2D eigenvalue weighted by molar-refractivity contribution is 5.81. The molecule has 6 heteroatoms. The predicted molar refractivity (Wildman–Crippen MR) is 85.9 cm³/mol. The van der Waals surface area contributed by atoms with Crippen LogP contribution in [0.5, 0.6) is 5.75 Å². The number of likely N-dealkylation sites (tertiary alicyclic amines) is 1. The highest BCUT2D eigenvalue weighted by Gasteiger charge is 2.54. The Balaban J connectivity index is 1.55. The lowest BCUT2D eigenvalue weighted by Crippen LogP contribution is -2.73. The fourth-order valence-electron chi connectivity index (χ4n) is 3.20. The number of anilines is 1. The normalized spacial score (nSPS) is 19.1. The molecule has 2 fully saturated rings. The minimum absolute atomic E-state index is 0.00117. The van der Waals surface area contributed by atoms with Crippen LogP contribution in [0.15, 0.2) is 18.2 Å². The van der Waals surface area contributed by atoms with Gasteiger partial charge in [0.1, 0.15) is 11.4 Å². The molecule has 0 aromatic heterocycles. The van der Waals surface area contributed by atoms with Crippen LogP contribution in [0, 0.1) is 5.41 Å². The van der Waals surface area contributed by atoms with E-state index >= 15 is 0 Å². The predicted octanol–water partition coefficient (Wildman–Crippen LogP) is 2.26. The number of rotatable bonds is 2. The monoisotopic (exact) mass is 318 g/mol. The highest BCUT2D eigenvalue weighted by atomic mass is 16.6. The lowest BCUT2D eigenvalue weighted by molar-refractivity contribution is -0.0453. The van der Waals surface area contributed by atoms with Gasteiger partial charge in [0.05, 0.1) is 5.56 Å². The van der Waals surface area contributed by atoms with E-state index in [1.165, 1.54) is 6.07 Å². The van der Waals surface area contributed by atoms with Gasteiger partial charge in [0.2, 0.25) is 0 Å². The lowest BCUT2D eigenvalue weighted by atomic mass is 9.73. The van der Waals surface area contributed by atoms with Crippen LogP contribution in [0.2, 0.25) is 0 Å². The van der Waals surface area contributed by atoms with Crippen LogP contribution in [-0.4, -0.2) is 54.2 Å². The molecule has 0 atom stereocenters. The summed E-state index contributed by atoms with van der Waals surface area (Å²) in [5, 5.41) is 9.55. The molecular formula is C17H22N2O4. The van der Waals surface area contributed by atoms with Crippen LogP contribution in [-0.2, 0) is 4.74 Å². The first-order valence-corrected chi connectivity index (χ1v) is 7.72. The number of aldehydes is 1. The van der Waals surface area contributed by atoms with Gasteiger partial charge in [0.15, 0.2) is 6.29 Å². The molecule has 0 bridgehead atoms. The summed E-state index contributed by atoms with van der Waals surface area (Å²) in [6.07, 6.45) is 0.400. The van der Waals surface area contributed by atoms with E-state index in [2.05, 4.69) is 4.90 Å². The topological polar surface area (TPSA) is 70.1 Å². The van der Waals surface area contributed by atoms with E-state index in [1.807, 2.05) is 20.8 Å². The van der Waals surface area contributed by atoms with E-state index in [0.29, 0.717) is 24.9 Å². The van der Waals surface area contributed by atoms with Gasteiger partial charge in [-0.05, 0) is 39.0 Å². The zero-order chi connectivity index (χ0) is 16.8. The molecule has 1 N–H and O–H groups in total. The molecule has 1 aromatic carbocycles. The maximum absolute atomic E-state index is 12.0. The van der Waals surface area contributed by atoms with Gasteiger partial charge >= 0.3 is 6.09 Å². The summed E-state index contributed by atoms with van der Waals surface area (Å²) in [5.74, 6) is -0.00117. The Labute approximate surface area is 135 Å². The van der Waals surface area contributed by atoms with Gasteiger partial charge in [-0.25, -0.2) is 4.79 Å². The van der Waals surface area contributed by atoms with Crippen molar-refractivity contribution < 1.29 is 19.4 Å². The third-order valence-corrected chi connectivity index (χ3v) is 4.26. The smallest absolute Gasteiger partial charge is 0.410 e. The summed E-state index contributed by atoms with van der Waals surface area (Å²) >= 11 is 0.